The van der Waals surface area contributed by atoms with Crippen LogP contribution < -0.4 is 21.3 Å². The molecule has 0 spiro atoms. The van der Waals surface area contributed by atoms with E-state index < -0.39 is 45.6 Å². The minimum absolute atomic E-state index is 0.202. The maximum absolute atomic E-state index is 12.3. The number of hydrogen-bond donors (Lipinski definition) is 6. The van der Waals surface area contributed by atoms with E-state index in [9.17, 15) is 39.0 Å². The first-order chi connectivity index (χ1) is 30.6. The molecule has 8 rings (SSSR count). The molecule has 4 aromatic rings. The predicted octanol–water partition coefficient (Wildman–Crippen LogP) is 4.29. The van der Waals surface area contributed by atoms with E-state index >= 15 is 0 Å². The van der Waals surface area contributed by atoms with E-state index in [1.807, 2.05) is 100 Å². The molecule has 4 aromatic carbocycles. The van der Waals surface area contributed by atoms with Gasteiger partial charge in [-0.05, 0) is 49.9 Å². The Balaban J connectivity index is 0.000000161. The third kappa shape index (κ3) is 11.7. The largest absolute Gasteiger partial charge is 0.480 e. The number of hydrogen-bond acceptors (Lipinski definition) is 10. The molecular formula is C48H56N6O8S2. The second kappa shape index (κ2) is 21.3. The Morgan fingerprint density at radius 1 is 0.516 bits per heavy atom. The summed E-state index contributed by atoms with van der Waals surface area (Å²) in [6.45, 7) is 11.1. The van der Waals surface area contributed by atoms with Crippen LogP contribution >= 0.6 is 23.5 Å². The normalized spacial score (nSPS) is 23.1. The molecule has 6 unspecified atom stereocenters. The molecule has 0 radical (unpaired) electrons. The predicted molar refractivity (Wildman–Crippen MR) is 248 cm³/mol. The van der Waals surface area contributed by atoms with Crippen molar-refractivity contribution in [2.75, 3.05) is 13.1 Å². The number of nitrogens with one attached hydrogen (secondary N) is 4. The highest BCUT2D eigenvalue weighted by molar-refractivity contribution is 8.02. The molecule has 64 heavy (non-hydrogen) atoms. The van der Waals surface area contributed by atoms with Gasteiger partial charge in [-0.15, -0.1) is 23.5 Å². The van der Waals surface area contributed by atoms with Gasteiger partial charge < -0.3 is 41.3 Å². The minimum atomic E-state index is -1.01. The van der Waals surface area contributed by atoms with E-state index in [-0.39, 0.29) is 47.2 Å². The number of carbonyl (C=O) groups excluding carboxylic acids is 4. The zero-order valence-electron chi connectivity index (χ0n) is 36.3. The Labute approximate surface area is 382 Å². The number of thioether (sulfide) groups is 2. The van der Waals surface area contributed by atoms with Crippen LogP contribution in [0.1, 0.15) is 49.9 Å². The van der Waals surface area contributed by atoms with Gasteiger partial charge in [-0.25, -0.2) is 9.59 Å². The maximum Gasteiger partial charge on any atom is 0.327 e. The Bertz CT molecular complexity index is 2090. The lowest BCUT2D eigenvalue weighted by Crippen LogP contribution is -2.70. The van der Waals surface area contributed by atoms with Gasteiger partial charge >= 0.3 is 11.9 Å². The summed E-state index contributed by atoms with van der Waals surface area (Å²) in [4.78, 5) is 74.4. The molecule has 14 nitrogen and oxygen atoms in total. The SMILES string of the molecule is CC1(C)SC2C(NC(=O)Cc3ccccc3)C(=O)N2C1C(=O)O.CC1(C)SC2C(NC(=O)Cc3ccccc3)C(=O)N2C1C(=O)O.c1ccc(CNCCNCc2ccccc2)cc1. The maximum atomic E-state index is 12.3. The molecule has 4 aliphatic rings. The summed E-state index contributed by atoms with van der Waals surface area (Å²) in [6.07, 6.45) is 0.404. The van der Waals surface area contributed by atoms with Crippen LogP contribution in [-0.2, 0) is 54.7 Å². The highest BCUT2D eigenvalue weighted by Crippen LogP contribution is 2.51. The molecule has 0 aromatic heterocycles. The average Bonchev–Trinajstić information content (AvgIpc) is 3.69. The summed E-state index contributed by atoms with van der Waals surface area (Å²) in [5.41, 5.74) is 4.41. The van der Waals surface area contributed by atoms with Gasteiger partial charge in [-0.1, -0.05) is 121 Å². The number of carboxylic acids is 2. The van der Waals surface area contributed by atoms with Crippen molar-refractivity contribution < 1.29 is 39.0 Å². The van der Waals surface area contributed by atoms with Gasteiger partial charge in [0.1, 0.15) is 34.9 Å². The van der Waals surface area contributed by atoms with Crippen molar-refractivity contribution in [3.8, 4) is 0 Å². The van der Waals surface area contributed by atoms with Crippen LogP contribution in [0.15, 0.2) is 121 Å². The number of aliphatic carboxylic acids is 2. The van der Waals surface area contributed by atoms with E-state index in [1.165, 1.54) is 44.5 Å². The first kappa shape index (κ1) is 47.8. The fourth-order valence-electron chi connectivity index (χ4n) is 8.14. The zero-order valence-corrected chi connectivity index (χ0v) is 37.9. The number of carbonyl (C=O) groups is 6. The van der Waals surface area contributed by atoms with Crippen molar-refractivity contribution in [2.24, 2.45) is 0 Å². The highest BCUT2D eigenvalue weighted by Gasteiger charge is 2.65. The summed E-state index contributed by atoms with van der Waals surface area (Å²) in [6, 6.07) is 36.5. The number of amides is 4. The topological polar surface area (TPSA) is 197 Å². The van der Waals surface area contributed by atoms with Gasteiger partial charge in [-0.3, -0.25) is 19.2 Å². The Kier molecular flexibility index (Phi) is 15.9. The molecule has 4 amide bonds. The van der Waals surface area contributed by atoms with E-state index in [1.54, 1.807) is 0 Å². The molecule has 4 heterocycles. The van der Waals surface area contributed by atoms with Crippen LogP contribution in [0.3, 0.4) is 0 Å². The number of carboxylic acid groups (broad SMARTS) is 2. The van der Waals surface area contributed by atoms with Crippen LogP contribution in [0.25, 0.3) is 0 Å². The van der Waals surface area contributed by atoms with Crippen LogP contribution in [-0.4, -0.2) is 113 Å². The molecule has 0 bridgehead atoms. The Morgan fingerprint density at radius 2 is 0.812 bits per heavy atom. The molecule has 0 aliphatic carbocycles. The second-order valence-electron chi connectivity index (χ2n) is 16.9. The Hall–Kier alpha value is -5.68. The lowest BCUT2D eigenvalue weighted by Gasteiger charge is -2.43. The molecule has 4 saturated heterocycles. The third-order valence-electron chi connectivity index (χ3n) is 11.2. The van der Waals surface area contributed by atoms with Crippen LogP contribution in [0, 0.1) is 0 Å². The summed E-state index contributed by atoms with van der Waals surface area (Å²) >= 11 is 2.85. The van der Waals surface area contributed by atoms with E-state index in [0.717, 1.165) is 37.3 Å². The Morgan fingerprint density at radius 3 is 1.11 bits per heavy atom. The average molecular weight is 909 g/mol. The van der Waals surface area contributed by atoms with Gasteiger partial charge in [0, 0.05) is 35.7 Å². The van der Waals surface area contributed by atoms with Crippen molar-refractivity contribution in [1.29, 1.82) is 0 Å². The number of β-lactam (4-membered cyclic amide) rings is 2. The van der Waals surface area contributed by atoms with Crippen molar-refractivity contribution >= 4 is 59.1 Å². The highest BCUT2D eigenvalue weighted by atomic mass is 32.2. The number of rotatable bonds is 15. The molecule has 4 fully saturated rings. The number of nitrogens with zero attached hydrogens (tertiary/aromatic N) is 2. The van der Waals surface area contributed by atoms with E-state index in [2.05, 4.69) is 69.8 Å². The van der Waals surface area contributed by atoms with Crippen molar-refractivity contribution in [3.63, 3.8) is 0 Å². The zero-order chi connectivity index (χ0) is 46.0. The van der Waals surface area contributed by atoms with E-state index in [4.69, 9.17) is 0 Å². The monoisotopic (exact) mass is 908 g/mol. The first-order valence-electron chi connectivity index (χ1n) is 21.2. The lowest BCUT2D eigenvalue weighted by molar-refractivity contribution is -0.161. The third-order valence-corrected chi connectivity index (χ3v) is 14.4. The van der Waals surface area contributed by atoms with Gasteiger partial charge in [-0.2, -0.15) is 0 Å². The van der Waals surface area contributed by atoms with Gasteiger partial charge in [0.05, 0.1) is 12.8 Å². The molecule has 4 aliphatic heterocycles. The molecule has 6 N–H and O–H groups in total. The number of fused-ring (bicyclic) bond motifs is 2. The van der Waals surface area contributed by atoms with Gasteiger partial charge in [0.15, 0.2) is 0 Å². The lowest BCUT2D eigenvalue weighted by atomic mass is 9.96. The van der Waals surface area contributed by atoms with Crippen molar-refractivity contribution in [1.82, 2.24) is 31.1 Å². The fraction of sp³-hybridized carbons (Fsp3) is 0.375. The van der Waals surface area contributed by atoms with Crippen molar-refractivity contribution in [2.45, 2.75) is 98.0 Å². The summed E-state index contributed by atoms with van der Waals surface area (Å²) in [7, 11) is 0. The summed E-state index contributed by atoms with van der Waals surface area (Å²) < 4.78 is -1.16. The molecule has 6 atom stereocenters. The molecular weight excluding hydrogens is 853 g/mol. The first-order valence-corrected chi connectivity index (χ1v) is 22.9. The summed E-state index contributed by atoms with van der Waals surface area (Å²) in [5, 5.41) is 30.4. The molecule has 16 heteroatoms. The van der Waals surface area contributed by atoms with Crippen LogP contribution in [0.2, 0.25) is 0 Å². The van der Waals surface area contributed by atoms with Crippen LogP contribution in [0.5, 0.6) is 0 Å². The molecule has 0 saturated carbocycles. The van der Waals surface area contributed by atoms with Gasteiger partial charge in [0.25, 0.3) is 0 Å². The van der Waals surface area contributed by atoms with Gasteiger partial charge in [0.2, 0.25) is 23.6 Å². The summed E-state index contributed by atoms with van der Waals surface area (Å²) in [5.74, 6) is -3.11. The van der Waals surface area contributed by atoms with Crippen molar-refractivity contribution in [3.05, 3.63) is 144 Å². The smallest absolute Gasteiger partial charge is 0.327 e. The number of benzene rings is 4. The fourth-order valence-corrected chi connectivity index (χ4v) is 11.4. The van der Waals surface area contributed by atoms with E-state index in [0.29, 0.717) is 0 Å². The minimum Gasteiger partial charge on any atom is -0.480 e. The molecule has 338 valence electrons. The van der Waals surface area contributed by atoms with Crippen LogP contribution in [0.4, 0.5) is 0 Å². The standard InChI is InChI=1S/2C16H18N2O4S.C16H20N2/c2*1-16(2)12(15(21)22)18-13(20)11(14(18)23-16)17-10(19)8-9-6-4-3-5-7-9;1-3-7-15(8-4-1)13-17-11-12-18-14-16-9-5-2-6-10-16/h2*3-7,11-12,14H,8H2,1-2H3,(H,17,19)(H,21,22);1-10,17-18H,11-14H2. The second-order valence-corrected chi connectivity index (χ2v) is 20.5. The quantitative estimate of drug-likeness (QED) is 0.0733.